The fourth-order valence-corrected chi connectivity index (χ4v) is 4.85. The molecule has 0 aliphatic carbocycles. The van der Waals surface area contributed by atoms with Gasteiger partial charge in [0.25, 0.3) is 5.56 Å². The molecule has 28 heavy (non-hydrogen) atoms. The number of benzene rings is 1. The number of aryl methyl sites for hydroxylation is 1. The van der Waals surface area contributed by atoms with Crippen LogP contribution >= 0.6 is 0 Å². The Bertz CT molecular complexity index is 1220. The van der Waals surface area contributed by atoms with Gasteiger partial charge in [-0.25, -0.2) is 8.42 Å². The molecule has 0 radical (unpaired) electrons. The predicted octanol–water partition coefficient (Wildman–Crippen LogP) is 3.20. The monoisotopic (exact) mass is 399 g/mol. The Kier molecular flexibility index (Phi) is 4.57. The SMILES string of the molecule is CCCCN1Cc2c[nH]c3c(=O)n(C)cc(c23)-c2cc(CS(C)(=O)=O)ccc21. The molecule has 0 unspecified atom stereocenters. The molecule has 0 amide bonds. The fraction of sp³-hybridized carbons (Fsp3) is 0.381. The largest absolute Gasteiger partial charge is 0.367 e. The molecule has 0 fully saturated rings. The summed E-state index contributed by atoms with van der Waals surface area (Å²) in [6.07, 6.45) is 7.20. The number of hydrogen-bond acceptors (Lipinski definition) is 4. The molecule has 0 saturated carbocycles. The van der Waals surface area contributed by atoms with E-state index in [1.807, 2.05) is 30.6 Å². The van der Waals surface area contributed by atoms with Gasteiger partial charge in [0.15, 0.2) is 9.84 Å². The summed E-state index contributed by atoms with van der Waals surface area (Å²) in [6.45, 7) is 3.80. The van der Waals surface area contributed by atoms with Gasteiger partial charge < -0.3 is 14.5 Å². The number of unbranched alkanes of at least 4 members (excludes halogenated alkanes) is 1. The highest BCUT2D eigenvalue weighted by Gasteiger charge is 2.24. The molecule has 4 rings (SSSR count). The van der Waals surface area contributed by atoms with Crippen molar-refractivity contribution in [1.29, 1.82) is 0 Å². The Morgan fingerprint density at radius 2 is 2.00 bits per heavy atom. The van der Waals surface area contributed by atoms with E-state index in [1.165, 1.54) is 6.26 Å². The summed E-state index contributed by atoms with van der Waals surface area (Å²) in [6, 6.07) is 5.90. The molecule has 2 aromatic heterocycles. The van der Waals surface area contributed by atoms with Gasteiger partial charge in [0.1, 0.15) is 5.52 Å². The second-order valence-electron chi connectivity index (χ2n) is 7.72. The third-order valence-corrected chi connectivity index (χ3v) is 6.21. The molecular formula is C21H25N3O3S. The minimum Gasteiger partial charge on any atom is -0.367 e. The number of anilines is 1. The maximum absolute atomic E-state index is 12.6. The average Bonchev–Trinajstić information content (AvgIpc) is 2.99. The highest BCUT2D eigenvalue weighted by molar-refractivity contribution is 7.89. The number of aromatic nitrogens is 2. The summed E-state index contributed by atoms with van der Waals surface area (Å²) in [5, 5.41) is 0.944. The van der Waals surface area contributed by atoms with E-state index in [-0.39, 0.29) is 11.3 Å². The molecule has 0 saturated heterocycles. The van der Waals surface area contributed by atoms with Crippen molar-refractivity contribution in [3.05, 3.63) is 52.1 Å². The van der Waals surface area contributed by atoms with Gasteiger partial charge in [0.05, 0.1) is 5.75 Å². The van der Waals surface area contributed by atoms with Crippen LogP contribution in [0.2, 0.25) is 0 Å². The number of pyridine rings is 1. The maximum atomic E-state index is 12.6. The predicted molar refractivity (Wildman–Crippen MR) is 113 cm³/mol. The number of hydrogen-bond donors (Lipinski definition) is 1. The lowest BCUT2D eigenvalue weighted by Gasteiger charge is -2.25. The number of sulfone groups is 1. The van der Waals surface area contributed by atoms with Gasteiger partial charge in [0.2, 0.25) is 0 Å². The van der Waals surface area contributed by atoms with Crippen LogP contribution < -0.4 is 10.5 Å². The van der Waals surface area contributed by atoms with Crippen LogP contribution in [0.1, 0.15) is 30.9 Å². The summed E-state index contributed by atoms with van der Waals surface area (Å²) in [7, 11) is -1.38. The van der Waals surface area contributed by atoms with E-state index >= 15 is 0 Å². The van der Waals surface area contributed by atoms with Crippen molar-refractivity contribution in [2.75, 3.05) is 17.7 Å². The summed E-state index contributed by atoms with van der Waals surface area (Å²) in [4.78, 5) is 18.1. The third-order valence-electron chi connectivity index (χ3n) is 5.35. The third kappa shape index (κ3) is 3.24. The number of nitrogens with zero attached hydrogens (tertiary/aromatic N) is 2. The van der Waals surface area contributed by atoms with Crippen LogP contribution in [-0.2, 0) is 29.2 Å². The first kappa shape index (κ1) is 18.8. The van der Waals surface area contributed by atoms with Crippen molar-refractivity contribution >= 4 is 26.4 Å². The lowest BCUT2D eigenvalue weighted by Crippen LogP contribution is -2.23. The highest BCUT2D eigenvalue weighted by atomic mass is 32.2. The zero-order chi connectivity index (χ0) is 20.1. The Labute approximate surface area is 164 Å². The molecule has 148 valence electrons. The quantitative estimate of drug-likeness (QED) is 0.715. The molecular weight excluding hydrogens is 374 g/mol. The first-order valence-corrected chi connectivity index (χ1v) is 11.6. The second kappa shape index (κ2) is 6.81. The van der Waals surface area contributed by atoms with Crippen LogP contribution in [0.5, 0.6) is 0 Å². The lowest BCUT2D eigenvalue weighted by atomic mass is 9.99. The molecule has 0 atom stereocenters. The maximum Gasteiger partial charge on any atom is 0.274 e. The van der Waals surface area contributed by atoms with Crippen molar-refractivity contribution in [3.63, 3.8) is 0 Å². The van der Waals surface area contributed by atoms with Gasteiger partial charge in [-0.3, -0.25) is 4.79 Å². The van der Waals surface area contributed by atoms with Gasteiger partial charge in [-0.05, 0) is 29.7 Å². The zero-order valence-corrected chi connectivity index (χ0v) is 17.3. The van der Waals surface area contributed by atoms with Crippen LogP contribution in [0.3, 0.4) is 0 Å². The molecule has 1 aliphatic rings. The average molecular weight is 400 g/mol. The first-order chi connectivity index (χ1) is 13.3. The zero-order valence-electron chi connectivity index (χ0n) is 16.4. The highest BCUT2D eigenvalue weighted by Crippen LogP contribution is 2.41. The van der Waals surface area contributed by atoms with Gasteiger partial charge in [0, 0.05) is 61.0 Å². The van der Waals surface area contributed by atoms with E-state index in [0.717, 1.165) is 59.3 Å². The number of H-pyrrole nitrogens is 1. The van der Waals surface area contributed by atoms with E-state index in [4.69, 9.17) is 0 Å². The molecule has 1 N–H and O–H groups in total. The van der Waals surface area contributed by atoms with Gasteiger partial charge >= 0.3 is 0 Å². The first-order valence-electron chi connectivity index (χ1n) is 9.54. The Morgan fingerprint density at radius 3 is 2.71 bits per heavy atom. The summed E-state index contributed by atoms with van der Waals surface area (Å²) >= 11 is 0. The van der Waals surface area contributed by atoms with Gasteiger partial charge in [-0.15, -0.1) is 0 Å². The fourth-order valence-electron chi connectivity index (χ4n) is 4.07. The summed E-state index contributed by atoms with van der Waals surface area (Å²) in [5.41, 5.74) is 5.45. The van der Waals surface area contributed by atoms with Crippen molar-refractivity contribution < 1.29 is 8.42 Å². The number of rotatable bonds is 5. The van der Waals surface area contributed by atoms with Crippen LogP contribution in [0, 0.1) is 0 Å². The standard InChI is InChI=1S/C21H25N3O3S/c1-4-5-8-24-11-15-10-22-20-19(15)17(12-23(2)21(20)25)16-9-14(6-7-18(16)24)13-28(3,26)27/h6-7,9-10,12,22H,4-5,8,11,13H2,1-3H3. The number of aromatic amines is 1. The van der Waals surface area contributed by atoms with Crippen molar-refractivity contribution in [2.45, 2.75) is 32.1 Å². The lowest BCUT2D eigenvalue weighted by molar-refractivity contribution is 0.601. The van der Waals surface area contributed by atoms with E-state index in [9.17, 15) is 13.2 Å². The van der Waals surface area contributed by atoms with Gasteiger partial charge in [-0.1, -0.05) is 19.4 Å². The molecule has 0 spiro atoms. The van der Waals surface area contributed by atoms with Crippen molar-refractivity contribution in [2.24, 2.45) is 7.05 Å². The molecule has 0 bridgehead atoms. The van der Waals surface area contributed by atoms with E-state index < -0.39 is 9.84 Å². The molecule has 7 heteroatoms. The number of nitrogens with one attached hydrogen (secondary N) is 1. The minimum atomic E-state index is -3.13. The van der Waals surface area contributed by atoms with Crippen molar-refractivity contribution in [3.8, 4) is 11.1 Å². The topological polar surface area (TPSA) is 75.2 Å². The van der Waals surface area contributed by atoms with Crippen LogP contribution in [0.15, 0.2) is 35.4 Å². The second-order valence-corrected chi connectivity index (χ2v) is 9.86. The Morgan fingerprint density at radius 1 is 1.21 bits per heavy atom. The molecule has 3 aromatic rings. The minimum absolute atomic E-state index is 0.00411. The molecule has 1 aliphatic heterocycles. The molecule has 3 heterocycles. The van der Waals surface area contributed by atoms with Crippen LogP contribution in [0.4, 0.5) is 5.69 Å². The summed E-state index contributed by atoms with van der Waals surface area (Å²) < 4.78 is 25.2. The molecule has 1 aromatic carbocycles. The van der Waals surface area contributed by atoms with Gasteiger partial charge in [-0.2, -0.15) is 0 Å². The smallest absolute Gasteiger partial charge is 0.274 e. The molecule has 6 nitrogen and oxygen atoms in total. The van der Waals surface area contributed by atoms with Crippen LogP contribution in [0.25, 0.3) is 22.0 Å². The van der Waals surface area contributed by atoms with E-state index in [1.54, 1.807) is 11.6 Å². The normalized spacial score (nSPS) is 13.6. The Hall–Kier alpha value is -2.54. The van der Waals surface area contributed by atoms with Crippen LogP contribution in [-0.4, -0.2) is 30.8 Å². The summed E-state index contributed by atoms with van der Waals surface area (Å²) in [5.74, 6) is 0.00411. The Balaban J connectivity index is 2.00. The van der Waals surface area contributed by atoms with Crippen molar-refractivity contribution in [1.82, 2.24) is 9.55 Å². The van der Waals surface area contributed by atoms with E-state index in [2.05, 4.69) is 16.8 Å². The number of fused-ring (bicyclic) bond motifs is 2. The van der Waals surface area contributed by atoms with E-state index in [0.29, 0.717) is 5.52 Å².